The summed E-state index contributed by atoms with van der Waals surface area (Å²) in [5.41, 5.74) is 0. The van der Waals surface area contributed by atoms with Crippen molar-refractivity contribution in [3.63, 3.8) is 0 Å². The van der Waals surface area contributed by atoms with Gasteiger partial charge in [0.05, 0.1) is 6.61 Å². The van der Waals surface area contributed by atoms with Gasteiger partial charge in [0, 0.05) is 6.61 Å². The second-order valence-corrected chi connectivity index (χ2v) is 8.14. The van der Waals surface area contributed by atoms with Crippen molar-refractivity contribution in [2.24, 2.45) is 0 Å². The maximum absolute atomic E-state index is 13.2. The summed E-state index contributed by atoms with van der Waals surface area (Å²) in [5, 5.41) is 0. The number of rotatable bonds is 6. The van der Waals surface area contributed by atoms with Gasteiger partial charge in [-0.3, -0.25) is 0 Å². The van der Waals surface area contributed by atoms with Crippen molar-refractivity contribution in [1.29, 1.82) is 0 Å². The molecule has 1 unspecified atom stereocenters. The van der Waals surface area contributed by atoms with Crippen molar-refractivity contribution in [2.45, 2.75) is 31.7 Å². The molecule has 0 spiro atoms. The van der Waals surface area contributed by atoms with Crippen molar-refractivity contribution >= 4 is 14.6 Å². The van der Waals surface area contributed by atoms with E-state index < -0.39 is 14.6 Å². The quantitative estimate of drug-likeness (QED) is 0.306. The van der Waals surface area contributed by atoms with E-state index in [9.17, 15) is 8.90 Å². The Bertz CT molecular complexity index is 217. The first-order valence-corrected chi connectivity index (χ1v) is 8.16. The molecule has 1 aliphatic rings. The van der Waals surface area contributed by atoms with Crippen molar-refractivity contribution < 1.29 is 23.1 Å². The zero-order valence-electron chi connectivity index (χ0n) is 9.12. The summed E-state index contributed by atoms with van der Waals surface area (Å²) in [5.74, 6) is 0. The number of cyclic esters (lactones) is 2. The molecule has 1 atom stereocenters. The molecule has 0 N–H and O–H groups in total. The van der Waals surface area contributed by atoms with E-state index in [0.29, 0.717) is 19.3 Å². The van der Waals surface area contributed by atoms with Gasteiger partial charge in [0.1, 0.15) is 6.61 Å². The van der Waals surface area contributed by atoms with E-state index in [1.54, 1.807) is 13.1 Å². The normalized spacial score (nSPS) is 21.3. The molecule has 0 bridgehead atoms. The molecule has 0 saturated carbocycles. The Balaban J connectivity index is 1.95. The minimum Gasteiger partial charge on any atom is -0.430 e. The lowest BCUT2D eigenvalue weighted by atomic mass is 10.4. The van der Waals surface area contributed by atoms with Gasteiger partial charge in [-0.1, -0.05) is 0 Å². The highest BCUT2D eigenvalue weighted by Gasteiger charge is 2.25. The highest BCUT2D eigenvalue weighted by atomic mass is 28.4. The summed E-state index contributed by atoms with van der Waals surface area (Å²) >= 11 is 0. The zero-order valence-corrected chi connectivity index (χ0v) is 10.1. The fraction of sp³-hybridized carbons (Fsp3) is 0.889. The van der Waals surface area contributed by atoms with Crippen LogP contribution in [0.5, 0.6) is 0 Å². The van der Waals surface area contributed by atoms with Crippen molar-refractivity contribution in [1.82, 2.24) is 0 Å². The van der Waals surface area contributed by atoms with E-state index in [1.807, 2.05) is 0 Å². The highest BCUT2D eigenvalue weighted by molar-refractivity contribution is 6.70. The maximum Gasteiger partial charge on any atom is 0.508 e. The number of ether oxygens (including phenoxy) is 3. The van der Waals surface area contributed by atoms with Crippen LogP contribution in [0.1, 0.15) is 6.42 Å². The number of hydrogen-bond donors (Lipinski definition) is 0. The van der Waals surface area contributed by atoms with E-state index in [1.165, 1.54) is 0 Å². The number of halogens is 1. The Morgan fingerprint density at radius 1 is 1.60 bits per heavy atom. The Morgan fingerprint density at radius 2 is 2.33 bits per heavy atom. The molecule has 1 fully saturated rings. The zero-order chi connectivity index (χ0) is 11.3. The first kappa shape index (κ1) is 12.4. The first-order chi connectivity index (χ1) is 6.97. The van der Waals surface area contributed by atoms with Gasteiger partial charge in [-0.25, -0.2) is 4.79 Å². The van der Waals surface area contributed by atoms with Crippen molar-refractivity contribution in [3.8, 4) is 0 Å². The van der Waals surface area contributed by atoms with Crippen molar-refractivity contribution in [3.05, 3.63) is 0 Å². The summed E-state index contributed by atoms with van der Waals surface area (Å²) in [6.45, 7) is 4.45. The maximum atomic E-state index is 13.2. The van der Waals surface area contributed by atoms with E-state index in [0.717, 1.165) is 6.42 Å². The molecule has 0 radical (unpaired) electrons. The molecule has 15 heavy (non-hydrogen) atoms. The lowest BCUT2D eigenvalue weighted by molar-refractivity contribution is 0.0461. The van der Waals surface area contributed by atoms with Gasteiger partial charge in [0.2, 0.25) is 8.41 Å². The topological polar surface area (TPSA) is 44.8 Å². The van der Waals surface area contributed by atoms with Gasteiger partial charge in [-0.15, -0.1) is 0 Å². The van der Waals surface area contributed by atoms with Gasteiger partial charge in [-0.05, 0) is 25.6 Å². The van der Waals surface area contributed by atoms with Gasteiger partial charge in [0.15, 0.2) is 6.10 Å². The molecular weight excluding hydrogens is 219 g/mol. The SMILES string of the molecule is C[Si](C)(F)CCCOCC1COC(=O)O1. The molecule has 1 saturated heterocycles. The van der Waals surface area contributed by atoms with Crippen LogP contribution in [0.25, 0.3) is 0 Å². The first-order valence-electron chi connectivity index (χ1n) is 5.07. The summed E-state index contributed by atoms with van der Waals surface area (Å²) in [6, 6.07) is 0.605. The molecule has 0 aromatic heterocycles. The molecule has 1 rings (SSSR count). The standard InChI is InChI=1S/C9H17FO4Si/c1-15(2,10)5-3-4-12-6-8-7-13-9(11)14-8/h8H,3-7H2,1-2H3. The molecule has 6 heteroatoms. The van der Waals surface area contributed by atoms with E-state index >= 15 is 0 Å². The van der Waals surface area contributed by atoms with Crippen LogP contribution in [0.15, 0.2) is 0 Å². The van der Waals surface area contributed by atoms with Crippen LogP contribution >= 0.6 is 0 Å². The van der Waals surface area contributed by atoms with Crippen LogP contribution in [0.4, 0.5) is 8.90 Å². The van der Waals surface area contributed by atoms with Crippen LogP contribution in [0.2, 0.25) is 19.1 Å². The Hall–Kier alpha value is -0.623. The van der Waals surface area contributed by atoms with Gasteiger partial charge in [-0.2, -0.15) is 0 Å². The Kier molecular flexibility index (Phi) is 4.53. The summed E-state index contributed by atoms with van der Waals surface area (Å²) < 4.78 is 27.8. The van der Waals surface area contributed by atoms with Crippen LogP contribution in [-0.2, 0) is 14.2 Å². The third-order valence-electron chi connectivity index (χ3n) is 2.01. The molecule has 1 heterocycles. The molecule has 4 nitrogen and oxygen atoms in total. The molecule has 0 aromatic rings. The Labute approximate surface area is 89.9 Å². The highest BCUT2D eigenvalue weighted by Crippen LogP contribution is 2.13. The third-order valence-corrected chi connectivity index (χ3v) is 3.56. The molecule has 0 aliphatic carbocycles. The monoisotopic (exact) mass is 236 g/mol. The fourth-order valence-corrected chi connectivity index (χ4v) is 2.24. The predicted molar refractivity (Wildman–Crippen MR) is 55.1 cm³/mol. The number of carbonyl (C=O) groups is 1. The van der Waals surface area contributed by atoms with Crippen LogP contribution in [0, 0.1) is 0 Å². The third kappa shape index (κ3) is 5.73. The average molecular weight is 236 g/mol. The average Bonchev–Trinajstić information content (AvgIpc) is 2.49. The molecule has 0 aromatic carbocycles. The summed E-state index contributed by atoms with van der Waals surface area (Å²) in [7, 11) is -2.44. The smallest absolute Gasteiger partial charge is 0.430 e. The van der Waals surface area contributed by atoms with Gasteiger partial charge < -0.3 is 18.3 Å². The summed E-state index contributed by atoms with van der Waals surface area (Å²) in [4.78, 5) is 10.5. The largest absolute Gasteiger partial charge is 0.508 e. The summed E-state index contributed by atoms with van der Waals surface area (Å²) in [6.07, 6.45) is -0.217. The van der Waals surface area contributed by atoms with Gasteiger partial charge >= 0.3 is 6.16 Å². The minimum absolute atomic E-state index is 0.252. The second kappa shape index (κ2) is 5.46. The van der Waals surface area contributed by atoms with Crippen LogP contribution in [0.3, 0.4) is 0 Å². The van der Waals surface area contributed by atoms with E-state index in [2.05, 4.69) is 4.74 Å². The lowest BCUT2D eigenvalue weighted by Crippen LogP contribution is -2.20. The Morgan fingerprint density at radius 3 is 2.87 bits per heavy atom. The van der Waals surface area contributed by atoms with Crippen LogP contribution < -0.4 is 0 Å². The van der Waals surface area contributed by atoms with E-state index in [-0.39, 0.29) is 12.7 Å². The molecular formula is C9H17FO4Si. The molecule has 0 amide bonds. The second-order valence-electron chi connectivity index (χ2n) is 4.20. The fourth-order valence-electron chi connectivity index (χ4n) is 1.26. The van der Waals surface area contributed by atoms with Crippen LogP contribution in [-0.4, -0.2) is 40.5 Å². The lowest BCUT2D eigenvalue weighted by Gasteiger charge is -2.11. The minimum atomic E-state index is -2.44. The van der Waals surface area contributed by atoms with Gasteiger partial charge in [0.25, 0.3) is 0 Å². The number of carbonyl (C=O) groups excluding carboxylic acids is 1. The predicted octanol–water partition coefficient (Wildman–Crippen LogP) is 2.10. The molecule has 88 valence electrons. The van der Waals surface area contributed by atoms with Crippen molar-refractivity contribution in [2.75, 3.05) is 19.8 Å². The van der Waals surface area contributed by atoms with E-state index in [4.69, 9.17) is 9.47 Å². The number of hydrogen-bond acceptors (Lipinski definition) is 4. The molecule has 1 aliphatic heterocycles.